The van der Waals surface area contributed by atoms with E-state index in [-0.39, 0.29) is 10.6 Å². The number of anilines is 1. The predicted octanol–water partition coefficient (Wildman–Crippen LogP) is 5.32. The van der Waals surface area contributed by atoms with Crippen molar-refractivity contribution in [2.75, 3.05) is 19.0 Å². The molecule has 2 aromatic heterocycles. The van der Waals surface area contributed by atoms with Gasteiger partial charge in [0.25, 0.3) is 5.69 Å². The van der Waals surface area contributed by atoms with Gasteiger partial charge < -0.3 is 10.1 Å². The quantitative estimate of drug-likeness (QED) is 0.215. The molecule has 3 rings (SSSR count). The number of ether oxygens (including phenoxy) is 1. The van der Waals surface area contributed by atoms with Crippen LogP contribution in [0.5, 0.6) is 0 Å². The minimum Gasteiger partial charge on any atom is -0.465 e. The SMILES string of the molecule is COC(=O)c1cc(C)nc(-c2cnn(C)c2CCCC(C)CNc2cc(Br)ccc2[N+](=O)[O-])c1. The molecular weight excluding hydrogens is 502 g/mol. The molecule has 1 N–H and O–H groups in total. The first kappa shape index (κ1) is 25.4. The Hall–Kier alpha value is -3.27. The standard InChI is InChI=1S/C24H28BrN5O4/c1-15(13-26-21-12-18(25)8-9-23(21)30(32)33)6-5-7-22-19(14-27-29(22)3)20-11-17(24(31)34-4)10-16(2)28-20/h8-12,14-15,26H,5-7,13H2,1-4H3. The summed E-state index contributed by atoms with van der Waals surface area (Å²) < 4.78 is 7.48. The highest BCUT2D eigenvalue weighted by molar-refractivity contribution is 9.10. The highest BCUT2D eigenvalue weighted by Crippen LogP contribution is 2.29. The number of rotatable bonds is 10. The van der Waals surface area contributed by atoms with Crippen LogP contribution in [0, 0.1) is 23.0 Å². The number of nitrogens with zero attached hydrogens (tertiary/aromatic N) is 4. The number of benzene rings is 1. The smallest absolute Gasteiger partial charge is 0.337 e. The van der Waals surface area contributed by atoms with Gasteiger partial charge in [0.2, 0.25) is 0 Å². The van der Waals surface area contributed by atoms with E-state index in [9.17, 15) is 14.9 Å². The number of hydrogen-bond acceptors (Lipinski definition) is 7. The number of nitrogens with one attached hydrogen (secondary N) is 1. The number of halogens is 1. The van der Waals surface area contributed by atoms with Crippen LogP contribution in [0.2, 0.25) is 0 Å². The lowest BCUT2D eigenvalue weighted by Crippen LogP contribution is -2.13. The van der Waals surface area contributed by atoms with Gasteiger partial charge in [0.05, 0.1) is 29.5 Å². The summed E-state index contributed by atoms with van der Waals surface area (Å²) in [6.45, 7) is 4.58. The first-order valence-corrected chi connectivity index (χ1v) is 11.7. The van der Waals surface area contributed by atoms with Crippen molar-refractivity contribution in [3.05, 3.63) is 68.1 Å². The Labute approximate surface area is 206 Å². The van der Waals surface area contributed by atoms with Gasteiger partial charge in [-0.25, -0.2) is 4.79 Å². The van der Waals surface area contributed by atoms with Crippen molar-refractivity contribution in [2.24, 2.45) is 13.0 Å². The minimum absolute atomic E-state index is 0.0619. The highest BCUT2D eigenvalue weighted by Gasteiger charge is 2.17. The number of carbonyl (C=O) groups is 1. The largest absolute Gasteiger partial charge is 0.465 e. The van der Waals surface area contributed by atoms with Gasteiger partial charge in [0.15, 0.2) is 0 Å². The number of nitro groups is 1. The molecule has 9 nitrogen and oxygen atoms in total. The third kappa shape index (κ3) is 6.19. The van der Waals surface area contributed by atoms with E-state index in [0.29, 0.717) is 29.4 Å². The second-order valence-electron chi connectivity index (χ2n) is 8.30. The fourth-order valence-electron chi connectivity index (χ4n) is 3.83. The summed E-state index contributed by atoms with van der Waals surface area (Å²) >= 11 is 3.37. The molecule has 0 fully saturated rings. The van der Waals surface area contributed by atoms with Crippen LogP contribution in [0.25, 0.3) is 11.3 Å². The number of hydrogen-bond donors (Lipinski definition) is 1. The summed E-state index contributed by atoms with van der Waals surface area (Å²) in [5, 5.41) is 18.9. The van der Waals surface area contributed by atoms with Gasteiger partial charge in [-0.2, -0.15) is 5.10 Å². The van der Waals surface area contributed by atoms with Gasteiger partial charge in [-0.05, 0) is 56.4 Å². The summed E-state index contributed by atoms with van der Waals surface area (Å²) in [5.41, 5.74) is 4.39. The topological polar surface area (TPSA) is 112 Å². The first-order chi connectivity index (χ1) is 16.2. The van der Waals surface area contributed by atoms with Crippen molar-refractivity contribution in [1.82, 2.24) is 14.8 Å². The van der Waals surface area contributed by atoms with Crippen LogP contribution < -0.4 is 5.32 Å². The molecule has 0 bridgehead atoms. The molecule has 1 atom stereocenters. The Morgan fingerprint density at radius 1 is 1.32 bits per heavy atom. The van der Waals surface area contributed by atoms with Gasteiger partial charge in [-0.3, -0.25) is 19.8 Å². The fourth-order valence-corrected chi connectivity index (χ4v) is 4.19. The lowest BCUT2D eigenvalue weighted by molar-refractivity contribution is -0.384. The van der Waals surface area contributed by atoms with Crippen molar-refractivity contribution < 1.29 is 14.5 Å². The number of methoxy groups -OCH3 is 1. The Balaban J connectivity index is 1.64. The zero-order chi connectivity index (χ0) is 24.8. The average Bonchev–Trinajstić information content (AvgIpc) is 3.16. The summed E-state index contributed by atoms with van der Waals surface area (Å²) in [6, 6.07) is 8.32. The molecule has 0 aliphatic carbocycles. The van der Waals surface area contributed by atoms with Crippen molar-refractivity contribution in [2.45, 2.75) is 33.1 Å². The average molecular weight is 530 g/mol. The number of aryl methyl sites for hydroxylation is 2. The molecule has 180 valence electrons. The number of aromatic nitrogens is 3. The number of nitro benzene ring substituents is 1. The Morgan fingerprint density at radius 2 is 2.09 bits per heavy atom. The maximum Gasteiger partial charge on any atom is 0.337 e. The summed E-state index contributed by atoms with van der Waals surface area (Å²) in [4.78, 5) is 27.5. The lowest BCUT2D eigenvalue weighted by atomic mass is 10.0. The van der Waals surface area contributed by atoms with E-state index in [1.165, 1.54) is 13.2 Å². The molecule has 34 heavy (non-hydrogen) atoms. The van der Waals surface area contributed by atoms with Gasteiger partial charge in [0, 0.05) is 41.1 Å². The second-order valence-corrected chi connectivity index (χ2v) is 9.22. The highest BCUT2D eigenvalue weighted by atomic mass is 79.9. The molecule has 0 amide bonds. The molecule has 1 aromatic carbocycles. The molecule has 3 aromatic rings. The Morgan fingerprint density at radius 3 is 2.79 bits per heavy atom. The van der Waals surface area contributed by atoms with E-state index in [0.717, 1.165) is 40.7 Å². The molecule has 10 heteroatoms. The molecule has 0 aliphatic heterocycles. The van der Waals surface area contributed by atoms with E-state index < -0.39 is 5.97 Å². The van der Waals surface area contributed by atoms with Crippen LogP contribution >= 0.6 is 15.9 Å². The van der Waals surface area contributed by atoms with Crippen LogP contribution in [0.3, 0.4) is 0 Å². The normalized spacial score (nSPS) is 11.8. The zero-order valence-corrected chi connectivity index (χ0v) is 21.3. The van der Waals surface area contributed by atoms with E-state index in [1.54, 1.807) is 30.5 Å². The van der Waals surface area contributed by atoms with E-state index in [2.05, 4.69) is 38.3 Å². The summed E-state index contributed by atoms with van der Waals surface area (Å²) in [6.07, 6.45) is 4.39. The Kier molecular flexibility index (Phi) is 8.38. The van der Waals surface area contributed by atoms with Gasteiger partial charge >= 0.3 is 5.97 Å². The first-order valence-electron chi connectivity index (χ1n) is 11.0. The molecule has 1 unspecified atom stereocenters. The third-order valence-corrected chi connectivity index (χ3v) is 6.11. The van der Waals surface area contributed by atoms with Crippen molar-refractivity contribution >= 4 is 33.3 Å². The maximum atomic E-state index is 12.0. The van der Waals surface area contributed by atoms with E-state index >= 15 is 0 Å². The van der Waals surface area contributed by atoms with Crippen LogP contribution in [-0.2, 0) is 18.2 Å². The number of pyridine rings is 1. The lowest BCUT2D eigenvalue weighted by Gasteiger charge is -2.14. The van der Waals surface area contributed by atoms with Crippen molar-refractivity contribution in [3.8, 4) is 11.3 Å². The molecular formula is C24H28BrN5O4. The Bertz CT molecular complexity index is 1190. The van der Waals surface area contributed by atoms with Gasteiger partial charge in [0.1, 0.15) is 5.69 Å². The van der Waals surface area contributed by atoms with Crippen molar-refractivity contribution in [1.29, 1.82) is 0 Å². The van der Waals surface area contributed by atoms with Crippen LogP contribution in [0.1, 0.15) is 41.5 Å². The van der Waals surface area contributed by atoms with Crippen LogP contribution in [0.4, 0.5) is 11.4 Å². The number of carbonyl (C=O) groups excluding carboxylic acids is 1. The third-order valence-electron chi connectivity index (χ3n) is 5.62. The molecule has 0 radical (unpaired) electrons. The fraction of sp³-hybridized carbons (Fsp3) is 0.375. The van der Waals surface area contributed by atoms with Crippen LogP contribution in [-0.4, -0.2) is 39.3 Å². The van der Waals surface area contributed by atoms with E-state index in [4.69, 9.17) is 4.74 Å². The van der Waals surface area contributed by atoms with Crippen LogP contribution in [0.15, 0.2) is 41.0 Å². The zero-order valence-electron chi connectivity index (χ0n) is 19.7. The molecule has 2 heterocycles. The van der Waals surface area contributed by atoms with Gasteiger partial charge in [-0.15, -0.1) is 0 Å². The molecule has 0 saturated heterocycles. The molecule has 0 spiro atoms. The number of esters is 1. The second kappa shape index (κ2) is 11.2. The van der Waals surface area contributed by atoms with Crippen molar-refractivity contribution in [3.63, 3.8) is 0 Å². The molecule has 0 aliphatic rings. The monoisotopic (exact) mass is 529 g/mol. The van der Waals surface area contributed by atoms with Gasteiger partial charge in [-0.1, -0.05) is 22.9 Å². The summed E-state index contributed by atoms with van der Waals surface area (Å²) in [5.74, 6) is -0.0949. The van der Waals surface area contributed by atoms with E-state index in [1.807, 2.05) is 18.7 Å². The summed E-state index contributed by atoms with van der Waals surface area (Å²) in [7, 11) is 3.26. The predicted molar refractivity (Wildman–Crippen MR) is 134 cm³/mol. The molecule has 0 saturated carbocycles. The maximum absolute atomic E-state index is 12.0. The minimum atomic E-state index is -0.399.